The molecular weight excluding hydrogens is 196 g/mol. The summed E-state index contributed by atoms with van der Waals surface area (Å²) in [6.45, 7) is 4.02. The predicted octanol–water partition coefficient (Wildman–Crippen LogP) is 3.04. The SMILES string of the molecule is C1CCN(N2CCCCC2C2CCC2)CC1. The van der Waals surface area contributed by atoms with Gasteiger partial charge >= 0.3 is 0 Å². The zero-order valence-corrected chi connectivity index (χ0v) is 10.5. The van der Waals surface area contributed by atoms with Crippen molar-refractivity contribution >= 4 is 0 Å². The van der Waals surface area contributed by atoms with Crippen molar-refractivity contribution in [1.29, 1.82) is 0 Å². The summed E-state index contributed by atoms with van der Waals surface area (Å²) in [4.78, 5) is 0. The lowest BCUT2D eigenvalue weighted by molar-refractivity contribution is -0.114. The van der Waals surface area contributed by atoms with Crippen LogP contribution in [0.2, 0.25) is 0 Å². The quantitative estimate of drug-likeness (QED) is 0.708. The molecule has 2 heterocycles. The Morgan fingerprint density at radius 3 is 2.06 bits per heavy atom. The number of hydrogen-bond acceptors (Lipinski definition) is 2. The highest BCUT2D eigenvalue weighted by atomic mass is 15.6. The van der Waals surface area contributed by atoms with E-state index in [4.69, 9.17) is 0 Å². The van der Waals surface area contributed by atoms with Gasteiger partial charge in [-0.3, -0.25) is 0 Å². The van der Waals surface area contributed by atoms with Gasteiger partial charge in [0.25, 0.3) is 0 Å². The molecule has 2 heteroatoms. The molecule has 2 aliphatic heterocycles. The van der Waals surface area contributed by atoms with Crippen molar-refractivity contribution in [3.8, 4) is 0 Å². The van der Waals surface area contributed by atoms with Crippen LogP contribution in [0.25, 0.3) is 0 Å². The molecule has 0 aromatic rings. The highest BCUT2D eigenvalue weighted by molar-refractivity contribution is 4.87. The molecular formula is C14H26N2. The minimum absolute atomic E-state index is 0.917. The van der Waals surface area contributed by atoms with Crippen molar-refractivity contribution in [2.75, 3.05) is 19.6 Å². The topological polar surface area (TPSA) is 6.48 Å². The molecule has 0 amide bonds. The van der Waals surface area contributed by atoms with Gasteiger partial charge < -0.3 is 0 Å². The number of nitrogens with zero attached hydrogens (tertiary/aromatic N) is 2. The molecule has 3 fully saturated rings. The molecule has 0 aromatic heterocycles. The van der Waals surface area contributed by atoms with E-state index in [0.29, 0.717) is 0 Å². The van der Waals surface area contributed by atoms with Gasteiger partial charge in [0.1, 0.15) is 0 Å². The van der Waals surface area contributed by atoms with Crippen LogP contribution in [-0.4, -0.2) is 35.7 Å². The molecule has 2 saturated heterocycles. The third-order valence-electron chi connectivity index (χ3n) is 4.91. The lowest BCUT2D eigenvalue weighted by atomic mass is 9.76. The maximum absolute atomic E-state index is 2.78. The zero-order chi connectivity index (χ0) is 10.8. The molecule has 2 nitrogen and oxygen atoms in total. The molecule has 0 spiro atoms. The first kappa shape index (κ1) is 11.0. The standard InChI is InChI=1S/C14H26N2/c1-3-10-15(11-4-1)16-12-5-2-9-14(16)13-7-6-8-13/h13-14H,1-12H2. The van der Waals surface area contributed by atoms with Crippen LogP contribution in [-0.2, 0) is 0 Å². The highest BCUT2D eigenvalue weighted by Crippen LogP contribution is 2.37. The maximum Gasteiger partial charge on any atom is 0.0274 e. The molecule has 1 unspecified atom stereocenters. The van der Waals surface area contributed by atoms with Crippen LogP contribution in [0.4, 0.5) is 0 Å². The van der Waals surface area contributed by atoms with Gasteiger partial charge in [0.15, 0.2) is 0 Å². The fourth-order valence-corrected chi connectivity index (χ4v) is 3.73. The summed E-state index contributed by atoms with van der Waals surface area (Å²) in [6, 6.07) is 0.917. The summed E-state index contributed by atoms with van der Waals surface area (Å²) in [6.07, 6.45) is 13.2. The molecule has 16 heavy (non-hydrogen) atoms. The van der Waals surface area contributed by atoms with E-state index in [1.54, 1.807) is 0 Å². The number of hydrazine groups is 1. The van der Waals surface area contributed by atoms with E-state index in [9.17, 15) is 0 Å². The summed E-state index contributed by atoms with van der Waals surface area (Å²) in [5, 5.41) is 5.48. The number of hydrogen-bond donors (Lipinski definition) is 0. The van der Waals surface area contributed by atoms with E-state index >= 15 is 0 Å². The molecule has 3 aliphatic rings. The monoisotopic (exact) mass is 222 g/mol. The summed E-state index contributed by atoms with van der Waals surface area (Å²) >= 11 is 0. The molecule has 92 valence electrons. The molecule has 0 N–H and O–H groups in total. The van der Waals surface area contributed by atoms with Crippen LogP contribution in [0.5, 0.6) is 0 Å². The third-order valence-corrected chi connectivity index (χ3v) is 4.91. The second-order valence-corrected chi connectivity index (χ2v) is 5.93. The van der Waals surface area contributed by atoms with E-state index in [0.717, 1.165) is 12.0 Å². The number of rotatable bonds is 2. The van der Waals surface area contributed by atoms with Crippen LogP contribution >= 0.6 is 0 Å². The predicted molar refractivity (Wildman–Crippen MR) is 67.1 cm³/mol. The van der Waals surface area contributed by atoms with Gasteiger partial charge in [-0.1, -0.05) is 19.3 Å². The Morgan fingerprint density at radius 2 is 1.38 bits per heavy atom. The molecule has 0 aromatic carbocycles. The molecule has 0 radical (unpaired) electrons. The van der Waals surface area contributed by atoms with E-state index < -0.39 is 0 Å². The molecule has 0 bridgehead atoms. The Kier molecular flexibility index (Phi) is 3.49. The highest BCUT2D eigenvalue weighted by Gasteiger charge is 2.36. The summed E-state index contributed by atoms with van der Waals surface area (Å²) in [7, 11) is 0. The first-order valence-electron chi connectivity index (χ1n) is 7.46. The van der Waals surface area contributed by atoms with Gasteiger partial charge in [0.2, 0.25) is 0 Å². The Bertz CT molecular complexity index is 219. The largest absolute Gasteiger partial charge is 0.242 e. The lowest BCUT2D eigenvalue weighted by Gasteiger charge is -2.49. The zero-order valence-electron chi connectivity index (χ0n) is 10.5. The first-order valence-corrected chi connectivity index (χ1v) is 7.46. The van der Waals surface area contributed by atoms with E-state index in [1.807, 2.05) is 0 Å². The van der Waals surface area contributed by atoms with Crippen molar-refractivity contribution in [2.45, 2.75) is 63.8 Å². The van der Waals surface area contributed by atoms with E-state index in [2.05, 4.69) is 10.0 Å². The average Bonchev–Trinajstić information content (AvgIpc) is 2.29. The van der Waals surface area contributed by atoms with Gasteiger partial charge in [-0.2, -0.15) is 0 Å². The van der Waals surface area contributed by atoms with E-state index in [1.165, 1.54) is 77.4 Å². The maximum atomic E-state index is 2.78. The van der Waals surface area contributed by atoms with Crippen LogP contribution < -0.4 is 0 Å². The van der Waals surface area contributed by atoms with Crippen LogP contribution in [0.15, 0.2) is 0 Å². The van der Waals surface area contributed by atoms with E-state index in [-0.39, 0.29) is 0 Å². The van der Waals surface area contributed by atoms with Gasteiger partial charge in [0, 0.05) is 25.7 Å². The number of piperidine rings is 2. The Balaban J connectivity index is 1.64. The molecule has 1 saturated carbocycles. The van der Waals surface area contributed by atoms with Crippen molar-refractivity contribution in [2.24, 2.45) is 5.92 Å². The van der Waals surface area contributed by atoms with Crippen molar-refractivity contribution in [1.82, 2.24) is 10.0 Å². The molecule has 3 rings (SSSR count). The third kappa shape index (κ3) is 2.14. The summed E-state index contributed by atoms with van der Waals surface area (Å²) < 4.78 is 0. The summed E-state index contributed by atoms with van der Waals surface area (Å²) in [5.41, 5.74) is 0. The molecule has 1 aliphatic carbocycles. The van der Waals surface area contributed by atoms with Crippen LogP contribution in [0.1, 0.15) is 57.8 Å². The Hall–Kier alpha value is -0.0800. The smallest absolute Gasteiger partial charge is 0.0274 e. The van der Waals surface area contributed by atoms with Crippen LogP contribution in [0, 0.1) is 5.92 Å². The Labute approximate surface area is 100.0 Å². The lowest BCUT2D eigenvalue weighted by Crippen LogP contribution is -2.56. The Morgan fingerprint density at radius 1 is 0.625 bits per heavy atom. The van der Waals surface area contributed by atoms with Gasteiger partial charge in [0.05, 0.1) is 0 Å². The second kappa shape index (κ2) is 5.05. The normalized spacial score (nSPS) is 34.9. The fourth-order valence-electron chi connectivity index (χ4n) is 3.73. The van der Waals surface area contributed by atoms with Crippen molar-refractivity contribution < 1.29 is 0 Å². The fraction of sp³-hybridized carbons (Fsp3) is 1.00. The van der Waals surface area contributed by atoms with Crippen LogP contribution in [0.3, 0.4) is 0 Å². The second-order valence-electron chi connectivity index (χ2n) is 5.93. The average molecular weight is 222 g/mol. The van der Waals surface area contributed by atoms with Crippen molar-refractivity contribution in [3.05, 3.63) is 0 Å². The van der Waals surface area contributed by atoms with Gasteiger partial charge in [-0.15, -0.1) is 0 Å². The summed E-state index contributed by atoms with van der Waals surface area (Å²) in [5.74, 6) is 1.04. The minimum atomic E-state index is 0.917. The molecule has 1 atom stereocenters. The van der Waals surface area contributed by atoms with Crippen molar-refractivity contribution in [3.63, 3.8) is 0 Å². The van der Waals surface area contributed by atoms with Gasteiger partial charge in [-0.05, 0) is 44.4 Å². The first-order chi connectivity index (χ1) is 7.95. The minimum Gasteiger partial charge on any atom is -0.242 e. The van der Waals surface area contributed by atoms with Gasteiger partial charge in [-0.25, -0.2) is 10.0 Å².